The molecule has 0 N–H and O–H groups in total. The Morgan fingerprint density at radius 1 is 1.21 bits per heavy atom. The zero-order valence-corrected chi connectivity index (χ0v) is 10.7. The molecule has 0 bridgehead atoms. The monoisotopic (exact) mass is 285 g/mol. The van der Waals surface area contributed by atoms with Gasteiger partial charge in [0.2, 0.25) is 0 Å². The summed E-state index contributed by atoms with van der Waals surface area (Å²) in [4.78, 5) is 0.148. The molecule has 1 aromatic heterocycles. The Balaban J connectivity index is 2.63. The molecule has 1 atom stereocenters. The molecule has 1 aromatic carbocycles. The van der Waals surface area contributed by atoms with Crippen molar-refractivity contribution in [2.45, 2.75) is 10.4 Å². The van der Waals surface area contributed by atoms with Crippen molar-refractivity contribution >= 4 is 10.2 Å². The van der Waals surface area contributed by atoms with Gasteiger partial charge in [0.05, 0.1) is 0 Å². The predicted molar refractivity (Wildman–Crippen MR) is 66.6 cm³/mol. The molecule has 0 aliphatic heterocycles. The molecule has 0 radical (unpaired) electrons. The molecule has 19 heavy (non-hydrogen) atoms. The minimum Gasteiger partial charge on any atom is -0.221 e. The summed E-state index contributed by atoms with van der Waals surface area (Å²) in [6.07, 6.45) is 2.32. The summed E-state index contributed by atoms with van der Waals surface area (Å²) in [5, 5.41) is 12.4. The molecule has 0 aliphatic rings. The summed E-state index contributed by atoms with van der Waals surface area (Å²) < 4.78 is 41.3. The number of alkyl halides is 3. The lowest BCUT2D eigenvalue weighted by Gasteiger charge is -2.37. The standard InChI is InChI=1S/C12H10F3N3S/c1-19(12(13,14)15,11-5-3-2-4-6-11)18-8-7-10(9-16)17-18/h2-8H,1H3. The van der Waals surface area contributed by atoms with Crippen molar-refractivity contribution in [3.63, 3.8) is 0 Å². The van der Waals surface area contributed by atoms with E-state index in [9.17, 15) is 13.2 Å². The molecule has 0 saturated carbocycles. The van der Waals surface area contributed by atoms with Crippen LogP contribution >= 0.6 is 10.2 Å². The van der Waals surface area contributed by atoms with Crippen LogP contribution in [0, 0.1) is 11.3 Å². The van der Waals surface area contributed by atoms with Gasteiger partial charge in [0.1, 0.15) is 6.07 Å². The summed E-state index contributed by atoms with van der Waals surface area (Å²) in [5.41, 5.74) is -4.48. The minimum absolute atomic E-state index is 0.0288. The molecule has 100 valence electrons. The predicted octanol–water partition coefficient (Wildman–Crippen LogP) is 3.53. The first kappa shape index (κ1) is 13.5. The molecule has 3 nitrogen and oxygen atoms in total. The molecule has 0 saturated heterocycles. The topological polar surface area (TPSA) is 41.6 Å². The Kier molecular flexibility index (Phi) is 3.28. The van der Waals surface area contributed by atoms with Crippen molar-refractivity contribution in [3.8, 4) is 6.07 Å². The van der Waals surface area contributed by atoms with Crippen LogP contribution in [0.4, 0.5) is 13.2 Å². The Hall–Kier alpha value is -1.94. The first-order valence-corrected chi connectivity index (χ1v) is 7.25. The van der Waals surface area contributed by atoms with Gasteiger partial charge in [-0.3, -0.25) is 0 Å². The minimum atomic E-state index is -4.45. The highest BCUT2D eigenvalue weighted by atomic mass is 32.3. The molecule has 1 unspecified atom stereocenters. The second-order valence-corrected chi connectivity index (χ2v) is 6.91. The average Bonchev–Trinajstić information content (AvgIpc) is 2.86. The fourth-order valence-electron chi connectivity index (χ4n) is 1.60. The maximum atomic E-state index is 13.5. The number of rotatable bonds is 2. The molecule has 2 aromatic rings. The number of hydrogen-bond acceptors (Lipinski definition) is 2. The fourth-order valence-corrected chi connectivity index (χ4v) is 3.54. The average molecular weight is 285 g/mol. The van der Waals surface area contributed by atoms with Gasteiger partial charge in [0.25, 0.3) is 0 Å². The highest BCUT2D eigenvalue weighted by Gasteiger charge is 2.50. The zero-order chi connectivity index (χ0) is 14.1. The number of hydrogen-bond donors (Lipinski definition) is 0. The summed E-state index contributed by atoms with van der Waals surface area (Å²) in [7, 11) is -3.35. The van der Waals surface area contributed by atoms with Crippen molar-refractivity contribution < 1.29 is 13.2 Å². The molecule has 0 fully saturated rings. The Labute approximate surface area is 109 Å². The summed E-state index contributed by atoms with van der Waals surface area (Å²) in [6.45, 7) is 0. The number of benzene rings is 1. The van der Waals surface area contributed by atoms with Gasteiger partial charge in [-0.25, -0.2) is 4.09 Å². The van der Waals surface area contributed by atoms with E-state index < -0.39 is 15.7 Å². The number of nitrogens with zero attached hydrogens (tertiary/aromatic N) is 3. The Bertz CT molecular complexity index is 615. The van der Waals surface area contributed by atoms with Crippen molar-refractivity contribution in [3.05, 3.63) is 48.3 Å². The first-order chi connectivity index (χ1) is 8.89. The van der Waals surface area contributed by atoms with Crippen molar-refractivity contribution in [1.29, 1.82) is 5.26 Å². The third-order valence-electron chi connectivity index (χ3n) is 2.71. The van der Waals surface area contributed by atoms with E-state index in [0.717, 1.165) is 10.3 Å². The van der Waals surface area contributed by atoms with Crippen LogP contribution in [0.2, 0.25) is 0 Å². The maximum Gasteiger partial charge on any atom is 0.447 e. The van der Waals surface area contributed by atoms with Crippen LogP contribution in [0.1, 0.15) is 5.69 Å². The highest BCUT2D eigenvalue weighted by molar-refractivity contribution is 8.32. The summed E-state index contributed by atoms with van der Waals surface area (Å²) in [5.74, 6) is 0. The molecule has 1 heterocycles. The number of nitriles is 1. The molecule has 0 spiro atoms. The second kappa shape index (κ2) is 4.63. The first-order valence-electron chi connectivity index (χ1n) is 5.25. The van der Waals surface area contributed by atoms with E-state index in [1.165, 1.54) is 24.4 Å². The van der Waals surface area contributed by atoms with Crippen LogP contribution in [0.25, 0.3) is 0 Å². The van der Waals surface area contributed by atoms with E-state index in [4.69, 9.17) is 5.26 Å². The van der Waals surface area contributed by atoms with Gasteiger partial charge in [-0.1, -0.05) is 18.2 Å². The molecular weight excluding hydrogens is 275 g/mol. The molecule has 0 aliphatic carbocycles. The Morgan fingerprint density at radius 2 is 1.84 bits per heavy atom. The number of halogens is 3. The van der Waals surface area contributed by atoms with E-state index in [1.54, 1.807) is 24.3 Å². The quantitative estimate of drug-likeness (QED) is 0.847. The lowest BCUT2D eigenvalue weighted by atomic mass is 10.4. The summed E-state index contributed by atoms with van der Waals surface area (Å²) >= 11 is 0. The number of aromatic nitrogens is 2. The van der Waals surface area contributed by atoms with Crippen molar-refractivity contribution in [1.82, 2.24) is 9.19 Å². The van der Waals surface area contributed by atoms with E-state index in [0.29, 0.717) is 0 Å². The lowest BCUT2D eigenvalue weighted by Crippen LogP contribution is -2.26. The van der Waals surface area contributed by atoms with Gasteiger partial charge in [-0.2, -0.15) is 23.5 Å². The SMILES string of the molecule is CS(c1ccccc1)(n1ccc(C#N)n1)C(F)(F)F. The normalized spacial score (nSPS) is 16.4. The van der Waals surface area contributed by atoms with E-state index in [1.807, 2.05) is 0 Å². The smallest absolute Gasteiger partial charge is 0.221 e. The third-order valence-corrected chi connectivity index (χ3v) is 5.75. The zero-order valence-electron chi connectivity index (χ0n) is 9.93. The van der Waals surface area contributed by atoms with Gasteiger partial charge >= 0.3 is 5.51 Å². The molecular formula is C12H10F3N3S. The molecule has 2 rings (SSSR count). The maximum absolute atomic E-state index is 13.5. The van der Waals surface area contributed by atoms with Gasteiger partial charge in [0.15, 0.2) is 5.69 Å². The van der Waals surface area contributed by atoms with Gasteiger partial charge in [-0.15, -0.1) is 0 Å². The third kappa shape index (κ3) is 2.19. The van der Waals surface area contributed by atoms with E-state index >= 15 is 0 Å². The molecule has 0 amide bonds. The molecule has 7 heteroatoms. The van der Waals surface area contributed by atoms with Gasteiger partial charge in [-0.05, 0) is 34.7 Å². The van der Waals surface area contributed by atoms with Crippen LogP contribution in [0.3, 0.4) is 0 Å². The second-order valence-electron chi connectivity index (χ2n) is 3.85. The van der Waals surface area contributed by atoms with Crippen LogP contribution in [0.5, 0.6) is 0 Å². The van der Waals surface area contributed by atoms with Crippen molar-refractivity contribution in [2.75, 3.05) is 6.26 Å². The van der Waals surface area contributed by atoms with Crippen LogP contribution in [-0.4, -0.2) is 20.9 Å². The van der Waals surface area contributed by atoms with E-state index in [-0.39, 0.29) is 10.6 Å². The van der Waals surface area contributed by atoms with Gasteiger partial charge < -0.3 is 0 Å². The lowest BCUT2D eigenvalue weighted by molar-refractivity contribution is -0.0392. The largest absolute Gasteiger partial charge is 0.447 e. The van der Waals surface area contributed by atoms with Gasteiger partial charge in [0, 0.05) is 11.1 Å². The fraction of sp³-hybridized carbons (Fsp3) is 0.167. The van der Waals surface area contributed by atoms with Crippen LogP contribution in [0.15, 0.2) is 47.5 Å². The highest BCUT2D eigenvalue weighted by Crippen LogP contribution is 2.65. The van der Waals surface area contributed by atoms with Crippen molar-refractivity contribution in [2.24, 2.45) is 0 Å². The Morgan fingerprint density at radius 3 is 2.32 bits per heavy atom. The van der Waals surface area contributed by atoms with Crippen LogP contribution < -0.4 is 0 Å². The van der Waals surface area contributed by atoms with E-state index in [2.05, 4.69) is 5.10 Å². The van der Waals surface area contributed by atoms with Crippen LogP contribution in [-0.2, 0) is 0 Å². The summed E-state index contributed by atoms with van der Waals surface area (Å²) in [6, 6.07) is 10.6.